The number of nitrogens with two attached hydrogens (primary N) is 1. The summed E-state index contributed by atoms with van der Waals surface area (Å²) < 4.78 is 23.0. The molecule has 3 nitrogen and oxygen atoms in total. The van der Waals surface area contributed by atoms with Crippen LogP contribution in [0, 0.1) is 0 Å². The van der Waals surface area contributed by atoms with Gasteiger partial charge in [-0.05, 0) is 25.1 Å². The second-order valence-electron chi connectivity index (χ2n) is 2.71. The van der Waals surface area contributed by atoms with E-state index in [4.69, 9.17) is 17.3 Å². The Kier molecular flexibility index (Phi) is 2.95. The van der Waals surface area contributed by atoms with Gasteiger partial charge in [0, 0.05) is 5.02 Å². The second kappa shape index (κ2) is 3.65. The van der Waals surface area contributed by atoms with Crippen LogP contribution in [0.1, 0.15) is 6.92 Å². The summed E-state index contributed by atoms with van der Waals surface area (Å²) in [6, 6.07) is 6.06. The predicted octanol–water partition coefficient (Wildman–Crippen LogP) is 1.42. The van der Waals surface area contributed by atoms with Crippen molar-refractivity contribution in [3.05, 3.63) is 29.3 Å². The Hall–Kier alpha value is -0.580. The Morgan fingerprint density at radius 2 is 2.08 bits per heavy atom. The first-order valence-corrected chi connectivity index (χ1v) is 5.62. The monoisotopic (exact) mass is 219 g/mol. The maximum absolute atomic E-state index is 11.5. The number of hydrogen-bond donors (Lipinski definition) is 1. The smallest absolute Gasteiger partial charge is 0.193 e. The zero-order valence-corrected chi connectivity index (χ0v) is 8.64. The van der Waals surface area contributed by atoms with E-state index in [9.17, 15) is 8.42 Å². The number of rotatable bonds is 2. The summed E-state index contributed by atoms with van der Waals surface area (Å²) in [7, 11) is -3.41. The number of sulfone groups is 1. The van der Waals surface area contributed by atoms with Gasteiger partial charge in [-0.3, -0.25) is 0 Å². The number of halogens is 1. The zero-order valence-electron chi connectivity index (χ0n) is 7.07. The highest BCUT2D eigenvalue weighted by Gasteiger charge is 2.19. The molecular weight excluding hydrogens is 210 g/mol. The second-order valence-corrected chi connectivity index (χ2v) is 5.45. The van der Waals surface area contributed by atoms with E-state index in [2.05, 4.69) is 0 Å². The van der Waals surface area contributed by atoms with Crippen molar-refractivity contribution in [1.29, 1.82) is 0 Å². The minimum absolute atomic E-state index is 0.162. The summed E-state index contributed by atoms with van der Waals surface area (Å²) in [4.78, 5) is 0.162. The first kappa shape index (κ1) is 10.5. The normalized spacial score (nSPS) is 14.1. The molecule has 0 fully saturated rings. The molecule has 0 spiro atoms. The van der Waals surface area contributed by atoms with Crippen molar-refractivity contribution < 1.29 is 8.42 Å². The summed E-state index contributed by atoms with van der Waals surface area (Å²) in [5.74, 6) is 0. The van der Waals surface area contributed by atoms with Gasteiger partial charge in [-0.25, -0.2) is 8.42 Å². The molecule has 0 aromatic heterocycles. The minimum Gasteiger partial charge on any atom is -0.315 e. The van der Waals surface area contributed by atoms with E-state index >= 15 is 0 Å². The average Bonchev–Trinajstić information content (AvgIpc) is 2.04. The van der Waals surface area contributed by atoms with Crippen LogP contribution in [-0.2, 0) is 9.84 Å². The van der Waals surface area contributed by atoms with Gasteiger partial charge in [-0.15, -0.1) is 0 Å². The van der Waals surface area contributed by atoms with Gasteiger partial charge in [0.15, 0.2) is 9.84 Å². The van der Waals surface area contributed by atoms with Crippen LogP contribution >= 0.6 is 11.6 Å². The highest BCUT2D eigenvalue weighted by molar-refractivity contribution is 7.92. The maximum Gasteiger partial charge on any atom is 0.193 e. The maximum atomic E-state index is 11.5. The third-order valence-corrected chi connectivity index (χ3v) is 3.74. The van der Waals surface area contributed by atoms with E-state index in [-0.39, 0.29) is 4.90 Å². The van der Waals surface area contributed by atoms with Gasteiger partial charge in [-0.2, -0.15) is 0 Å². The van der Waals surface area contributed by atoms with Gasteiger partial charge >= 0.3 is 0 Å². The third-order valence-electron chi connectivity index (χ3n) is 1.61. The summed E-state index contributed by atoms with van der Waals surface area (Å²) in [5.41, 5.74) is 5.32. The molecule has 0 radical (unpaired) electrons. The Balaban J connectivity index is 3.24. The summed E-state index contributed by atoms with van der Waals surface area (Å²) in [5, 5.41) is -0.521. The Bertz CT molecular complexity index is 400. The Morgan fingerprint density at radius 3 is 2.54 bits per heavy atom. The van der Waals surface area contributed by atoms with Gasteiger partial charge in [0.25, 0.3) is 0 Å². The molecule has 2 N–H and O–H groups in total. The van der Waals surface area contributed by atoms with Crippen molar-refractivity contribution in [1.82, 2.24) is 0 Å². The Labute approximate surface area is 82.4 Å². The van der Waals surface area contributed by atoms with Gasteiger partial charge in [0.1, 0.15) is 5.37 Å². The fourth-order valence-corrected chi connectivity index (χ4v) is 2.10. The van der Waals surface area contributed by atoms with Gasteiger partial charge in [0.05, 0.1) is 4.90 Å². The van der Waals surface area contributed by atoms with Crippen LogP contribution in [0.4, 0.5) is 0 Å². The molecule has 13 heavy (non-hydrogen) atoms. The lowest BCUT2D eigenvalue weighted by Gasteiger charge is -2.07. The quantitative estimate of drug-likeness (QED) is 0.819. The average molecular weight is 220 g/mol. The molecule has 0 aliphatic heterocycles. The van der Waals surface area contributed by atoms with Crippen molar-refractivity contribution in [3.63, 3.8) is 0 Å². The first-order chi connectivity index (χ1) is 5.94. The lowest BCUT2D eigenvalue weighted by molar-refractivity contribution is 0.585. The van der Waals surface area contributed by atoms with Crippen LogP contribution in [0.15, 0.2) is 29.2 Å². The van der Waals surface area contributed by atoms with E-state index in [0.29, 0.717) is 5.02 Å². The van der Waals surface area contributed by atoms with E-state index in [0.717, 1.165) is 0 Å². The van der Waals surface area contributed by atoms with Crippen LogP contribution in [0.2, 0.25) is 5.02 Å². The molecule has 0 saturated carbocycles. The van der Waals surface area contributed by atoms with Crippen molar-refractivity contribution >= 4 is 21.4 Å². The molecule has 1 aromatic rings. The topological polar surface area (TPSA) is 60.2 Å². The van der Waals surface area contributed by atoms with Crippen LogP contribution < -0.4 is 5.73 Å². The van der Waals surface area contributed by atoms with Crippen LogP contribution in [0.25, 0.3) is 0 Å². The molecule has 1 rings (SSSR count). The summed E-state index contributed by atoms with van der Waals surface area (Å²) >= 11 is 5.65. The SMILES string of the molecule is CC(N)S(=O)(=O)c1cccc(Cl)c1. The molecule has 0 saturated heterocycles. The molecule has 0 bridgehead atoms. The fraction of sp³-hybridized carbons (Fsp3) is 0.250. The number of hydrogen-bond acceptors (Lipinski definition) is 3. The van der Waals surface area contributed by atoms with Gasteiger partial charge < -0.3 is 5.73 Å². The predicted molar refractivity (Wildman–Crippen MR) is 52.3 cm³/mol. The third kappa shape index (κ3) is 2.21. The molecule has 5 heteroatoms. The van der Waals surface area contributed by atoms with Crippen LogP contribution in [-0.4, -0.2) is 13.8 Å². The largest absolute Gasteiger partial charge is 0.315 e. The lowest BCUT2D eigenvalue weighted by Crippen LogP contribution is -2.26. The first-order valence-electron chi connectivity index (χ1n) is 3.69. The molecule has 1 aromatic carbocycles. The lowest BCUT2D eigenvalue weighted by atomic mass is 10.4. The van der Waals surface area contributed by atoms with E-state index in [1.165, 1.54) is 19.1 Å². The molecule has 0 heterocycles. The standard InChI is InChI=1S/C8H10ClNO2S/c1-6(10)13(11,12)8-4-2-3-7(9)5-8/h2-6H,10H2,1H3. The molecule has 0 aliphatic rings. The van der Waals surface area contributed by atoms with Crippen molar-refractivity contribution in [2.75, 3.05) is 0 Å². The van der Waals surface area contributed by atoms with Crippen molar-refractivity contribution in [2.45, 2.75) is 17.2 Å². The van der Waals surface area contributed by atoms with E-state index < -0.39 is 15.2 Å². The molecule has 1 atom stereocenters. The van der Waals surface area contributed by atoms with Crippen LogP contribution in [0.5, 0.6) is 0 Å². The highest BCUT2D eigenvalue weighted by Crippen LogP contribution is 2.17. The minimum atomic E-state index is -3.41. The molecule has 72 valence electrons. The van der Waals surface area contributed by atoms with Gasteiger partial charge in [-0.1, -0.05) is 17.7 Å². The van der Waals surface area contributed by atoms with Gasteiger partial charge in [0.2, 0.25) is 0 Å². The van der Waals surface area contributed by atoms with E-state index in [1.54, 1.807) is 12.1 Å². The molecule has 1 unspecified atom stereocenters. The fourth-order valence-electron chi connectivity index (χ4n) is 0.859. The van der Waals surface area contributed by atoms with Crippen molar-refractivity contribution in [3.8, 4) is 0 Å². The molecule has 0 amide bonds. The highest BCUT2D eigenvalue weighted by atomic mass is 35.5. The number of benzene rings is 1. The van der Waals surface area contributed by atoms with E-state index in [1.807, 2.05) is 0 Å². The summed E-state index contributed by atoms with van der Waals surface area (Å²) in [6.45, 7) is 1.43. The zero-order chi connectivity index (χ0) is 10.1. The Morgan fingerprint density at radius 1 is 1.46 bits per heavy atom. The molecular formula is C8H10ClNO2S. The van der Waals surface area contributed by atoms with Crippen LogP contribution in [0.3, 0.4) is 0 Å². The van der Waals surface area contributed by atoms with Crippen molar-refractivity contribution in [2.24, 2.45) is 5.73 Å². The summed E-state index contributed by atoms with van der Waals surface area (Å²) in [6.07, 6.45) is 0. The molecule has 0 aliphatic carbocycles.